The van der Waals surface area contributed by atoms with E-state index in [-0.39, 0.29) is 31.0 Å². The summed E-state index contributed by atoms with van der Waals surface area (Å²) in [5.41, 5.74) is 3.66. The van der Waals surface area contributed by atoms with E-state index in [1.54, 1.807) is 12.0 Å². The average molecular weight is 524 g/mol. The van der Waals surface area contributed by atoms with Crippen LogP contribution in [0.2, 0.25) is 0 Å². The van der Waals surface area contributed by atoms with Gasteiger partial charge in [0.25, 0.3) is 5.91 Å². The zero-order valence-electron chi connectivity index (χ0n) is 22.3. The molecule has 1 aliphatic rings. The van der Waals surface area contributed by atoms with E-state index in [1.165, 1.54) is 0 Å². The number of anilines is 1. The topological polar surface area (TPSA) is 64.0 Å². The van der Waals surface area contributed by atoms with Crippen LogP contribution in [-0.2, 0) is 9.59 Å². The molecule has 0 fully saturated rings. The first-order valence-electron chi connectivity index (χ1n) is 13.3. The van der Waals surface area contributed by atoms with E-state index in [2.05, 4.69) is 11.5 Å². The summed E-state index contributed by atoms with van der Waals surface area (Å²) in [7, 11) is 1.64. The molecule has 2 amide bonds. The van der Waals surface area contributed by atoms with E-state index in [9.17, 15) is 9.59 Å². The average Bonchev–Trinajstić information content (AvgIpc) is 3.48. The first-order chi connectivity index (χ1) is 19.1. The Hall–Kier alpha value is -4.52. The van der Waals surface area contributed by atoms with E-state index in [0.717, 1.165) is 41.2 Å². The smallest absolute Gasteiger partial charge is 0.260 e. The SMILES string of the molecule is CCCCN(CC(=O)N1c2ccccc2-n2cccc2C1c1ccc(OC)cc1)C(=O)COc1ccccc1. The van der Waals surface area contributed by atoms with Gasteiger partial charge < -0.3 is 18.9 Å². The lowest BCUT2D eigenvalue weighted by molar-refractivity contribution is -0.137. The van der Waals surface area contributed by atoms with Gasteiger partial charge in [-0.2, -0.15) is 0 Å². The summed E-state index contributed by atoms with van der Waals surface area (Å²) >= 11 is 0. The first-order valence-corrected chi connectivity index (χ1v) is 13.3. The number of rotatable bonds is 10. The van der Waals surface area contributed by atoms with Crippen LogP contribution in [0.4, 0.5) is 5.69 Å². The fourth-order valence-electron chi connectivity index (χ4n) is 5.00. The van der Waals surface area contributed by atoms with E-state index in [4.69, 9.17) is 9.47 Å². The highest BCUT2D eigenvalue weighted by Crippen LogP contribution is 2.42. The molecule has 0 saturated carbocycles. The van der Waals surface area contributed by atoms with Gasteiger partial charge in [-0.15, -0.1) is 0 Å². The summed E-state index contributed by atoms with van der Waals surface area (Å²) in [4.78, 5) is 30.9. The number of nitrogens with zero attached hydrogens (tertiary/aromatic N) is 3. The Kier molecular flexibility index (Phi) is 7.96. The zero-order chi connectivity index (χ0) is 27.2. The van der Waals surface area contributed by atoms with Crippen LogP contribution >= 0.6 is 0 Å². The van der Waals surface area contributed by atoms with Gasteiger partial charge in [0.1, 0.15) is 24.1 Å². The van der Waals surface area contributed by atoms with Gasteiger partial charge in [0, 0.05) is 12.7 Å². The molecule has 1 unspecified atom stereocenters. The quantitative estimate of drug-likeness (QED) is 0.270. The molecule has 0 spiro atoms. The van der Waals surface area contributed by atoms with Crippen molar-refractivity contribution in [3.05, 3.63) is 108 Å². The van der Waals surface area contributed by atoms with E-state index in [1.807, 2.05) is 102 Å². The number of benzene rings is 3. The lowest BCUT2D eigenvalue weighted by Crippen LogP contribution is -2.47. The molecule has 2 heterocycles. The van der Waals surface area contributed by atoms with Gasteiger partial charge in [-0.25, -0.2) is 0 Å². The highest BCUT2D eigenvalue weighted by Gasteiger charge is 2.37. The van der Waals surface area contributed by atoms with Gasteiger partial charge >= 0.3 is 0 Å². The van der Waals surface area contributed by atoms with Crippen LogP contribution in [0.3, 0.4) is 0 Å². The summed E-state index contributed by atoms with van der Waals surface area (Å²) in [6, 6.07) is 28.6. The standard InChI is InChI=1S/C32H33N3O4/c1-3-4-20-33(31(37)23-39-26-11-6-5-7-12-26)22-30(36)35-28-14-9-8-13-27(28)34-21-10-15-29(34)32(35)24-16-18-25(38-2)19-17-24/h5-19,21,32H,3-4,20,22-23H2,1-2H3. The number of carbonyl (C=O) groups is 2. The Balaban J connectivity index is 1.46. The second-order valence-electron chi connectivity index (χ2n) is 9.50. The molecule has 39 heavy (non-hydrogen) atoms. The van der Waals surface area contributed by atoms with Gasteiger partial charge in [0.05, 0.1) is 24.2 Å². The van der Waals surface area contributed by atoms with Crippen molar-refractivity contribution in [3.63, 3.8) is 0 Å². The van der Waals surface area contributed by atoms with Gasteiger partial charge in [0.15, 0.2) is 6.61 Å². The van der Waals surface area contributed by atoms with Crippen molar-refractivity contribution in [2.45, 2.75) is 25.8 Å². The van der Waals surface area contributed by atoms with Gasteiger partial charge in [-0.1, -0.05) is 55.8 Å². The molecule has 0 N–H and O–H groups in total. The van der Waals surface area contributed by atoms with Crippen molar-refractivity contribution in [1.29, 1.82) is 0 Å². The summed E-state index contributed by atoms with van der Waals surface area (Å²) in [6.07, 6.45) is 3.72. The zero-order valence-corrected chi connectivity index (χ0v) is 22.3. The number of aromatic nitrogens is 1. The molecule has 7 nitrogen and oxygen atoms in total. The van der Waals surface area contributed by atoms with E-state index in [0.29, 0.717) is 12.3 Å². The third-order valence-corrected chi connectivity index (χ3v) is 6.99. The fraction of sp³-hybridized carbons (Fsp3) is 0.250. The molecule has 4 aromatic rings. The number of ether oxygens (including phenoxy) is 2. The number of hydrogen-bond donors (Lipinski definition) is 0. The van der Waals surface area contributed by atoms with Crippen LogP contribution in [0.1, 0.15) is 37.1 Å². The number of unbranched alkanes of at least 4 members (excludes halogenated alkanes) is 1. The molecule has 7 heteroatoms. The minimum absolute atomic E-state index is 0.0430. The Morgan fingerprint density at radius 1 is 0.846 bits per heavy atom. The van der Waals surface area contributed by atoms with E-state index < -0.39 is 0 Å². The minimum atomic E-state index is -0.364. The molecule has 0 aliphatic carbocycles. The molecule has 0 saturated heterocycles. The van der Waals surface area contributed by atoms with Crippen molar-refractivity contribution in [2.75, 3.05) is 31.7 Å². The number of hydrogen-bond acceptors (Lipinski definition) is 4. The van der Waals surface area contributed by atoms with Crippen molar-refractivity contribution >= 4 is 17.5 Å². The maximum atomic E-state index is 14.2. The lowest BCUT2D eigenvalue weighted by Gasteiger charge is -2.39. The molecule has 1 aromatic heterocycles. The molecule has 0 bridgehead atoms. The molecule has 1 atom stereocenters. The minimum Gasteiger partial charge on any atom is -0.497 e. The van der Waals surface area contributed by atoms with Crippen LogP contribution < -0.4 is 14.4 Å². The Morgan fingerprint density at radius 3 is 2.28 bits per heavy atom. The predicted molar refractivity (Wildman–Crippen MR) is 152 cm³/mol. The number of fused-ring (bicyclic) bond motifs is 3. The van der Waals surface area contributed by atoms with Crippen LogP contribution in [0, 0.1) is 0 Å². The molecule has 200 valence electrons. The maximum Gasteiger partial charge on any atom is 0.260 e. The van der Waals surface area contributed by atoms with Crippen molar-refractivity contribution in [1.82, 2.24) is 9.47 Å². The lowest BCUT2D eigenvalue weighted by atomic mass is 9.97. The molecule has 3 aromatic carbocycles. The summed E-state index contributed by atoms with van der Waals surface area (Å²) < 4.78 is 13.2. The van der Waals surface area contributed by atoms with Crippen molar-refractivity contribution < 1.29 is 19.1 Å². The largest absolute Gasteiger partial charge is 0.497 e. The second-order valence-corrected chi connectivity index (χ2v) is 9.50. The molecule has 1 aliphatic heterocycles. The molecular weight excluding hydrogens is 490 g/mol. The fourth-order valence-corrected chi connectivity index (χ4v) is 5.00. The van der Waals surface area contributed by atoms with Crippen LogP contribution in [0.25, 0.3) is 5.69 Å². The first kappa shape index (κ1) is 26.1. The number of amides is 2. The number of carbonyl (C=O) groups excluding carboxylic acids is 2. The second kappa shape index (κ2) is 11.9. The van der Waals surface area contributed by atoms with Gasteiger partial charge in [-0.3, -0.25) is 14.5 Å². The Labute approximate surface area is 229 Å². The highest BCUT2D eigenvalue weighted by molar-refractivity contribution is 6.00. The highest BCUT2D eigenvalue weighted by atomic mass is 16.5. The summed E-state index contributed by atoms with van der Waals surface area (Å²) in [6.45, 7) is 2.39. The van der Waals surface area contributed by atoms with Gasteiger partial charge in [0.2, 0.25) is 5.91 Å². The monoisotopic (exact) mass is 523 g/mol. The Morgan fingerprint density at radius 2 is 1.56 bits per heavy atom. The van der Waals surface area contributed by atoms with Crippen molar-refractivity contribution in [3.8, 4) is 17.2 Å². The predicted octanol–water partition coefficient (Wildman–Crippen LogP) is 5.63. The summed E-state index contributed by atoms with van der Waals surface area (Å²) in [5, 5.41) is 0. The summed E-state index contributed by atoms with van der Waals surface area (Å²) in [5.74, 6) is 1.01. The van der Waals surface area contributed by atoms with Crippen LogP contribution in [-0.4, -0.2) is 48.1 Å². The van der Waals surface area contributed by atoms with Crippen molar-refractivity contribution in [2.24, 2.45) is 0 Å². The third-order valence-electron chi connectivity index (χ3n) is 6.99. The number of para-hydroxylation sites is 3. The molecular formula is C32H33N3O4. The normalized spacial score (nSPS) is 13.8. The molecule has 0 radical (unpaired) electrons. The van der Waals surface area contributed by atoms with Gasteiger partial charge in [-0.05, 0) is 60.5 Å². The van der Waals surface area contributed by atoms with Crippen LogP contribution in [0.5, 0.6) is 11.5 Å². The third kappa shape index (κ3) is 5.53. The number of methoxy groups -OCH3 is 1. The van der Waals surface area contributed by atoms with Crippen LogP contribution in [0.15, 0.2) is 97.2 Å². The van der Waals surface area contributed by atoms with E-state index >= 15 is 0 Å². The maximum absolute atomic E-state index is 14.2. The molecule has 5 rings (SSSR count). The Bertz CT molecular complexity index is 1410.